The Kier molecular flexibility index (Phi) is 3.28. The Balaban J connectivity index is 4.10. The molecule has 0 fully saturated rings. The fourth-order valence-electron chi connectivity index (χ4n) is 0.383. The van der Waals surface area contributed by atoms with Gasteiger partial charge in [-0.05, 0) is 0 Å². The summed E-state index contributed by atoms with van der Waals surface area (Å²) in [4.78, 5) is 14.4. The first-order valence-corrected chi connectivity index (χ1v) is 3.30. The summed E-state index contributed by atoms with van der Waals surface area (Å²) in [6.07, 6.45) is 0. The molecule has 10 heavy (non-hydrogen) atoms. The third-order valence-corrected chi connectivity index (χ3v) is 1.54. The molecule has 0 aliphatic rings. The molecule has 0 aliphatic carbocycles. The van der Waals surface area contributed by atoms with Crippen molar-refractivity contribution >= 4 is 23.1 Å². The van der Waals surface area contributed by atoms with E-state index in [4.69, 9.17) is 12.2 Å². The average molecular weight is 160 g/mol. The fraction of sp³-hybridized carbons (Fsp3) is 0.667. The zero-order chi connectivity index (χ0) is 8.31. The zero-order valence-electron chi connectivity index (χ0n) is 6.71. The average Bonchev–Trinajstić information content (AvgIpc) is 1.84. The van der Waals surface area contributed by atoms with E-state index in [1.54, 1.807) is 33.1 Å². The van der Waals surface area contributed by atoms with E-state index >= 15 is 0 Å². The van der Waals surface area contributed by atoms with Crippen LogP contribution in [-0.2, 0) is 4.79 Å². The molecule has 0 unspecified atom stereocenters. The van der Waals surface area contributed by atoms with Gasteiger partial charge in [0.25, 0.3) is 5.91 Å². The summed E-state index contributed by atoms with van der Waals surface area (Å²) in [5, 5.41) is 0. The van der Waals surface area contributed by atoms with Crippen LogP contribution in [0.15, 0.2) is 0 Å². The molecule has 0 saturated carbocycles. The molecule has 0 atom stereocenters. The minimum absolute atomic E-state index is 0.125. The number of hydrogen-bond donors (Lipinski definition) is 0. The summed E-state index contributed by atoms with van der Waals surface area (Å²) < 4.78 is 0. The molecule has 0 saturated heterocycles. The summed E-state index contributed by atoms with van der Waals surface area (Å²) in [6, 6.07) is 0. The maximum absolute atomic E-state index is 11.0. The molecule has 1 amide bonds. The van der Waals surface area contributed by atoms with Gasteiger partial charge in [-0.15, -0.1) is 0 Å². The van der Waals surface area contributed by atoms with E-state index in [1.807, 2.05) is 0 Å². The number of likely N-dealkylation sites (N-methyl/N-ethyl adjacent to an activating group) is 2. The second-order valence-corrected chi connectivity index (χ2v) is 2.79. The highest BCUT2D eigenvalue weighted by Crippen LogP contribution is 1.88. The molecule has 0 aromatic rings. The second kappa shape index (κ2) is 3.51. The molecule has 0 spiro atoms. The van der Waals surface area contributed by atoms with Crippen molar-refractivity contribution in [2.75, 3.05) is 28.2 Å². The molecule has 0 radical (unpaired) electrons. The van der Waals surface area contributed by atoms with E-state index < -0.39 is 0 Å². The molecule has 0 heterocycles. The first kappa shape index (κ1) is 9.36. The van der Waals surface area contributed by atoms with E-state index in [-0.39, 0.29) is 5.91 Å². The van der Waals surface area contributed by atoms with Crippen LogP contribution in [0.5, 0.6) is 0 Å². The molecular weight excluding hydrogens is 148 g/mol. The van der Waals surface area contributed by atoms with Gasteiger partial charge in [-0.2, -0.15) is 0 Å². The highest BCUT2D eigenvalue weighted by molar-refractivity contribution is 7.81. The van der Waals surface area contributed by atoms with Gasteiger partial charge in [0.05, 0.1) is 0 Å². The van der Waals surface area contributed by atoms with Crippen LogP contribution in [-0.4, -0.2) is 48.9 Å². The summed E-state index contributed by atoms with van der Waals surface area (Å²) in [7, 11) is 6.86. The summed E-state index contributed by atoms with van der Waals surface area (Å²) in [6.45, 7) is 0. The topological polar surface area (TPSA) is 23.6 Å². The maximum Gasteiger partial charge on any atom is 0.280 e. The quantitative estimate of drug-likeness (QED) is 0.465. The lowest BCUT2D eigenvalue weighted by atomic mass is 10.5. The van der Waals surface area contributed by atoms with Gasteiger partial charge in [0.1, 0.15) is 0 Å². The molecular formula is C6H12N2OS. The highest BCUT2D eigenvalue weighted by atomic mass is 32.1. The van der Waals surface area contributed by atoms with Gasteiger partial charge in [-0.25, -0.2) is 0 Å². The Morgan fingerprint density at radius 3 is 1.60 bits per heavy atom. The van der Waals surface area contributed by atoms with Crippen LogP contribution in [0.25, 0.3) is 0 Å². The molecule has 3 nitrogen and oxygen atoms in total. The van der Waals surface area contributed by atoms with Gasteiger partial charge in [0.2, 0.25) is 0 Å². The van der Waals surface area contributed by atoms with Crippen molar-refractivity contribution in [3.8, 4) is 0 Å². The van der Waals surface area contributed by atoms with Crippen LogP contribution < -0.4 is 0 Å². The number of nitrogens with zero attached hydrogens (tertiary/aromatic N) is 2. The van der Waals surface area contributed by atoms with Crippen LogP contribution in [0.3, 0.4) is 0 Å². The van der Waals surface area contributed by atoms with Crippen molar-refractivity contribution in [1.29, 1.82) is 0 Å². The van der Waals surface area contributed by atoms with E-state index in [0.29, 0.717) is 4.99 Å². The lowest BCUT2D eigenvalue weighted by Gasteiger charge is -2.16. The Hall–Kier alpha value is -0.640. The van der Waals surface area contributed by atoms with Crippen molar-refractivity contribution in [3.05, 3.63) is 0 Å². The van der Waals surface area contributed by atoms with Crippen molar-refractivity contribution in [1.82, 2.24) is 9.80 Å². The fourth-order valence-corrected chi connectivity index (χ4v) is 0.565. The molecule has 0 rings (SSSR count). The van der Waals surface area contributed by atoms with Crippen LogP contribution in [0.4, 0.5) is 0 Å². The first-order valence-electron chi connectivity index (χ1n) is 2.89. The van der Waals surface area contributed by atoms with Gasteiger partial charge >= 0.3 is 0 Å². The summed E-state index contributed by atoms with van der Waals surface area (Å²) >= 11 is 4.81. The van der Waals surface area contributed by atoms with Gasteiger partial charge in [0.15, 0.2) is 4.99 Å². The van der Waals surface area contributed by atoms with Crippen LogP contribution in [0.1, 0.15) is 0 Å². The predicted molar refractivity (Wildman–Crippen MR) is 45.0 cm³/mol. The Morgan fingerprint density at radius 1 is 1.10 bits per heavy atom. The minimum atomic E-state index is -0.125. The SMILES string of the molecule is CN(C)C(=O)C(=S)N(C)C. The molecule has 0 aromatic carbocycles. The third-order valence-electron chi connectivity index (χ3n) is 0.995. The third kappa shape index (κ3) is 2.31. The van der Waals surface area contributed by atoms with Gasteiger partial charge in [-0.1, -0.05) is 12.2 Å². The lowest BCUT2D eigenvalue weighted by Crippen LogP contribution is -2.36. The molecule has 58 valence electrons. The van der Waals surface area contributed by atoms with Gasteiger partial charge in [-0.3, -0.25) is 4.79 Å². The van der Waals surface area contributed by atoms with Crippen molar-refractivity contribution in [2.24, 2.45) is 0 Å². The van der Waals surface area contributed by atoms with Crippen molar-refractivity contribution in [2.45, 2.75) is 0 Å². The predicted octanol–water partition coefficient (Wildman–Crippen LogP) is -0.0364. The lowest BCUT2D eigenvalue weighted by molar-refractivity contribution is -0.122. The van der Waals surface area contributed by atoms with E-state index in [1.165, 1.54) is 4.90 Å². The molecule has 0 aromatic heterocycles. The normalized spacial score (nSPS) is 8.80. The van der Waals surface area contributed by atoms with Gasteiger partial charge in [0, 0.05) is 28.2 Å². The largest absolute Gasteiger partial charge is 0.364 e. The van der Waals surface area contributed by atoms with Crippen LogP contribution in [0.2, 0.25) is 0 Å². The molecule has 0 bridgehead atoms. The second-order valence-electron chi connectivity index (χ2n) is 2.40. The van der Waals surface area contributed by atoms with E-state index in [2.05, 4.69) is 0 Å². The minimum Gasteiger partial charge on any atom is -0.364 e. The van der Waals surface area contributed by atoms with Crippen molar-refractivity contribution < 1.29 is 4.79 Å². The number of hydrogen-bond acceptors (Lipinski definition) is 2. The molecule has 0 N–H and O–H groups in total. The smallest absolute Gasteiger partial charge is 0.280 e. The van der Waals surface area contributed by atoms with Crippen LogP contribution >= 0.6 is 12.2 Å². The zero-order valence-corrected chi connectivity index (χ0v) is 7.53. The van der Waals surface area contributed by atoms with E-state index in [9.17, 15) is 4.79 Å². The van der Waals surface area contributed by atoms with E-state index in [0.717, 1.165) is 0 Å². The number of rotatable bonds is 0. The Bertz CT molecular complexity index is 136. The molecule has 4 heteroatoms. The first-order chi connectivity index (χ1) is 4.46. The Labute approximate surface area is 66.6 Å². The van der Waals surface area contributed by atoms with Crippen molar-refractivity contribution in [3.63, 3.8) is 0 Å². The monoisotopic (exact) mass is 160 g/mol. The molecule has 0 aliphatic heterocycles. The number of carbonyl (C=O) groups excluding carboxylic acids is 1. The highest BCUT2D eigenvalue weighted by Gasteiger charge is 2.11. The standard InChI is InChI=1S/C6H12N2OS/c1-7(2)5(9)6(10)8(3)4/h1-4H3. The number of carbonyl (C=O) groups is 1. The summed E-state index contributed by atoms with van der Waals surface area (Å²) in [5.74, 6) is -0.125. The number of amides is 1. The maximum atomic E-state index is 11.0. The Morgan fingerprint density at radius 2 is 1.50 bits per heavy atom. The van der Waals surface area contributed by atoms with Gasteiger partial charge < -0.3 is 9.80 Å². The summed E-state index contributed by atoms with van der Waals surface area (Å²) in [5.41, 5.74) is 0. The number of thiocarbonyl (C=S) groups is 1. The van der Waals surface area contributed by atoms with Crippen LogP contribution in [0, 0.1) is 0 Å².